The van der Waals surface area contributed by atoms with Gasteiger partial charge in [-0.05, 0) is 62.8 Å². The minimum Gasteiger partial charge on any atom is -0.462 e. The first kappa shape index (κ1) is 18.2. The number of methoxy groups -OCH3 is 1. The Morgan fingerprint density at radius 2 is 1.96 bits per heavy atom. The van der Waals surface area contributed by atoms with E-state index in [0.717, 1.165) is 45.1 Å². The number of esters is 1. The highest BCUT2D eigenvalue weighted by Gasteiger charge is 2.42. The number of nitrogens with zero attached hydrogens (tertiary/aromatic N) is 1. The molecular weight excluding hydrogens is 352 g/mol. The molecule has 3 aliphatic rings. The summed E-state index contributed by atoms with van der Waals surface area (Å²) in [7, 11) is 3.94. The van der Waals surface area contributed by atoms with Crippen molar-refractivity contribution in [3.63, 3.8) is 0 Å². The molecule has 1 aliphatic heterocycles. The third-order valence-electron chi connectivity index (χ3n) is 7.30. The van der Waals surface area contributed by atoms with Gasteiger partial charge in [-0.1, -0.05) is 12.1 Å². The molecule has 1 aromatic heterocycles. The molecule has 150 valence electrons. The normalized spacial score (nSPS) is 32.9. The second-order valence-electron chi connectivity index (χ2n) is 8.91. The summed E-state index contributed by atoms with van der Waals surface area (Å²) < 4.78 is 11.4. The van der Waals surface area contributed by atoms with Crippen molar-refractivity contribution >= 4 is 16.9 Å². The lowest BCUT2D eigenvalue weighted by Crippen LogP contribution is -2.50. The van der Waals surface area contributed by atoms with Crippen LogP contribution in [-0.4, -0.2) is 54.8 Å². The van der Waals surface area contributed by atoms with Gasteiger partial charge in [0.2, 0.25) is 0 Å². The van der Waals surface area contributed by atoms with Crippen molar-refractivity contribution in [3.8, 4) is 0 Å². The third-order valence-corrected chi connectivity index (χ3v) is 7.30. The molecule has 1 aromatic carbocycles. The zero-order valence-electron chi connectivity index (χ0n) is 16.8. The van der Waals surface area contributed by atoms with Gasteiger partial charge in [-0.25, -0.2) is 0 Å². The van der Waals surface area contributed by atoms with Crippen LogP contribution in [0.5, 0.6) is 0 Å². The lowest BCUT2D eigenvalue weighted by atomic mass is 9.72. The first-order valence-electron chi connectivity index (χ1n) is 10.7. The quantitative estimate of drug-likeness (QED) is 0.824. The van der Waals surface area contributed by atoms with Crippen LogP contribution < -0.4 is 0 Å². The van der Waals surface area contributed by atoms with Gasteiger partial charge in [0.05, 0.1) is 12.0 Å². The summed E-state index contributed by atoms with van der Waals surface area (Å²) in [4.78, 5) is 18.8. The average molecular weight is 383 g/mol. The smallest absolute Gasteiger partial charge is 0.310 e. The number of likely N-dealkylation sites (tertiary alicyclic amines) is 1. The number of benzene rings is 1. The summed E-state index contributed by atoms with van der Waals surface area (Å²) in [6, 6.07) is 7.01. The number of carbonyl (C=O) groups excluding carboxylic acids is 1. The fourth-order valence-corrected chi connectivity index (χ4v) is 5.76. The summed E-state index contributed by atoms with van der Waals surface area (Å²) in [6.07, 6.45) is 8.32. The first-order valence-corrected chi connectivity index (χ1v) is 10.7. The predicted octanol–water partition coefficient (Wildman–Crippen LogP) is 3.63. The van der Waals surface area contributed by atoms with Crippen molar-refractivity contribution < 1.29 is 14.3 Å². The number of H-pyrrole nitrogens is 1. The Balaban J connectivity index is 1.32. The van der Waals surface area contributed by atoms with Gasteiger partial charge in [-0.15, -0.1) is 0 Å². The summed E-state index contributed by atoms with van der Waals surface area (Å²) in [5.74, 6) is 0.355. The zero-order valence-corrected chi connectivity index (χ0v) is 16.8. The van der Waals surface area contributed by atoms with E-state index in [-0.39, 0.29) is 18.0 Å². The summed E-state index contributed by atoms with van der Waals surface area (Å²) in [6.45, 7) is 0.795. The Bertz CT molecular complexity index is 868. The topological polar surface area (TPSA) is 54.6 Å². The summed E-state index contributed by atoms with van der Waals surface area (Å²) in [5, 5.41) is 1.38. The fraction of sp³-hybridized carbons (Fsp3) is 0.609. The molecule has 1 saturated carbocycles. The molecule has 28 heavy (non-hydrogen) atoms. The van der Waals surface area contributed by atoms with Gasteiger partial charge >= 0.3 is 5.97 Å². The van der Waals surface area contributed by atoms with Gasteiger partial charge < -0.3 is 19.4 Å². The van der Waals surface area contributed by atoms with Crippen LogP contribution >= 0.6 is 0 Å². The van der Waals surface area contributed by atoms with Gasteiger partial charge in [0, 0.05) is 42.7 Å². The lowest BCUT2D eigenvalue weighted by molar-refractivity contribution is -0.159. The molecule has 5 nitrogen and oxygen atoms in total. The number of nitrogens with one attached hydrogen (secondary N) is 1. The largest absolute Gasteiger partial charge is 0.462 e. The molecule has 0 bridgehead atoms. The monoisotopic (exact) mass is 382 g/mol. The van der Waals surface area contributed by atoms with Gasteiger partial charge in [-0.2, -0.15) is 0 Å². The maximum Gasteiger partial charge on any atom is 0.310 e. The minimum absolute atomic E-state index is 0.00166. The predicted molar refractivity (Wildman–Crippen MR) is 108 cm³/mol. The van der Waals surface area contributed by atoms with Crippen molar-refractivity contribution in [2.45, 2.75) is 62.7 Å². The van der Waals surface area contributed by atoms with E-state index in [2.05, 4.69) is 41.3 Å². The van der Waals surface area contributed by atoms with Crippen LogP contribution in [0.2, 0.25) is 0 Å². The van der Waals surface area contributed by atoms with Crippen LogP contribution in [0.25, 0.3) is 10.9 Å². The number of hydrogen-bond acceptors (Lipinski definition) is 4. The third kappa shape index (κ3) is 3.05. The Kier molecular flexibility index (Phi) is 4.68. The standard InChI is InChI=1S/C23H30N2O3/c1-25-13-15(23(26)28-17-8-6-16(27-2)7-9-17)10-19-18-4-3-5-20-22(18)14(12-24-20)11-21(19)25/h3-5,12,15-17,19,21,24H,6-11,13H2,1-2H3/t15-,16?,17?,19?,21-/m1/s1. The van der Waals surface area contributed by atoms with Crippen LogP contribution in [0.1, 0.15) is 49.1 Å². The number of likely N-dealkylation sites (N-methyl/N-ethyl adjacent to an activating group) is 1. The van der Waals surface area contributed by atoms with Crippen molar-refractivity contribution in [2.75, 3.05) is 20.7 Å². The molecule has 3 atom stereocenters. The van der Waals surface area contributed by atoms with Gasteiger partial charge in [0.25, 0.3) is 0 Å². The molecule has 0 spiro atoms. The second-order valence-corrected chi connectivity index (χ2v) is 8.91. The molecule has 5 rings (SSSR count). The van der Waals surface area contributed by atoms with Gasteiger partial charge in [-0.3, -0.25) is 4.79 Å². The second kappa shape index (κ2) is 7.20. The number of aromatic amines is 1. The average Bonchev–Trinajstić information content (AvgIpc) is 3.13. The van der Waals surface area contributed by atoms with E-state index in [1.54, 1.807) is 7.11 Å². The maximum absolute atomic E-state index is 13.0. The van der Waals surface area contributed by atoms with E-state index < -0.39 is 0 Å². The van der Waals surface area contributed by atoms with Gasteiger partial charge in [0.1, 0.15) is 6.10 Å². The van der Waals surface area contributed by atoms with Crippen molar-refractivity contribution in [3.05, 3.63) is 35.5 Å². The van der Waals surface area contributed by atoms with E-state index in [9.17, 15) is 4.79 Å². The lowest BCUT2D eigenvalue weighted by Gasteiger charge is -2.45. The van der Waals surface area contributed by atoms with Crippen LogP contribution in [0.3, 0.4) is 0 Å². The molecule has 5 heteroatoms. The molecule has 2 heterocycles. The van der Waals surface area contributed by atoms with E-state index in [0.29, 0.717) is 18.1 Å². The van der Waals surface area contributed by atoms with Crippen LogP contribution in [-0.2, 0) is 20.7 Å². The number of ether oxygens (including phenoxy) is 2. The molecule has 2 aromatic rings. The Hall–Kier alpha value is -1.85. The van der Waals surface area contributed by atoms with Crippen LogP contribution in [0, 0.1) is 5.92 Å². The van der Waals surface area contributed by atoms with E-state index in [4.69, 9.17) is 9.47 Å². The number of carbonyl (C=O) groups is 1. The fourth-order valence-electron chi connectivity index (χ4n) is 5.76. The molecule has 2 fully saturated rings. The summed E-state index contributed by atoms with van der Waals surface area (Å²) >= 11 is 0. The van der Waals surface area contributed by atoms with E-state index in [1.165, 1.54) is 22.0 Å². The molecule has 0 amide bonds. The molecule has 2 aliphatic carbocycles. The Morgan fingerprint density at radius 1 is 1.18 bits per heavy atom. The number of rotatable bonds is 3. The highest BCUT2D eigenvalue weighted by molar-refractivity contribution is 5.88. The Labute approximate surface area is 166 Å². The van der Waals surface area contributed by atoms with Crippen LogP contribution in [0.15, 0.2) is 24.4 Å². The van der Waals surface area contributed by atoms with Crippen molar-refractivity contribution in [1.29, 1.82) is 0 Å². The molecule has 0 radical (unpaired) electrons. The number of piperidine rings is 1. The highest BCUT2D eigenvalue weighted by Crippen LogP contribution is 2.44. The zero-order chi connectivity index (χ0) is 19.3. The SMILES string of the molecule is COC1CCC(OC(=O)[C@@H]2CC3c4cccc5[nH]cc(c45)C[C@H]3N(C)C2)CC1. The van der Waals surface area contributed by atoms with E-state index in [1.807, 2.05) is 0 Å². The molecule has 1 unspecified atom stereocenters. The molecule has 1 N–H and O–H groups in total. The number of aromatic nitrogens is 1. The summed E-state index contributed by atoms with van der Waals surface area (Å²) in [5.41, 5.74) is 4.03. The van der Waals surface area contributed by atoms with Crippen LogP contribution in [0.4, 0.5) is 0 Å². The Morgan fingerprint density at radius 3 is 2.75 bits per heavy atom. The minimum atomic E-state index is -0.0397. The molecular formula is C23H30N2O3. The highest BCUT2D eigenvalue weighted by atomic mass is 16.5. The number of fused-ring (bicyclic) bond motifs is 2. The van der Waals surface area contributed by atoms with Crippen molar-refractivity contribution in [2.24, 2.45) is 5.92 Å². The van der Waals surface area contributed by atoms with Crippen molar-refractivity contribution in [1.82, 2.24) is 9.88 Å². The van der Waals surface area contributed by atoms with E-state index >= 15 is 0 Å². The maximum atomic E-state index is 13.0. The molecule has 1 saturated heterocycles. The first-order chi connectivity index (χ1) is 13.6. The van der Waals surface area contributed by atoms with Gasteiger partial charge in [0.15, 0.2) is 0 Å². The number of hydrogen-bond donors (Lipinski definition) is 1.